The minimum Gasteiger partial charge on any atom is -0.370 e. The second-order valence-electron chi connectivity index (χ2n) is 5.01. The Balaban J connectivity index is 1.52. The molecule has 0 radical (unpaired) electrons. The highest BCUT2D eigenvalue weighted by Crippen LogP contribution is 2.03. The van der Waals surface area contributed by atoms with E-state index in [1.165, 1.54) is 17.5 Å². The SMILES string of the molecule is Cc1cccc(CNCCCCNc2ccccn2)c1. The third-order valence-electron chi connectivity index (χ3n) is 3.16. The highest BCUT2D eigenvalue weighted by molar-refractivity contribution is 5.32. The monoisotopic (exact) mass is 269 g/mol. The lowest BCUT2D eigenvalue weighted by atomic mass is 10.1. The summed E-state index contributed by atoms with van der Waals surface area (Å²) in [4.78, 5) is 4.23. The first kappa shape index (κ1) is 14.5. The molecule has 0 saturated carbocycles. The van der Waals surface area contributed by atoms with Crippen LogP contribution in [-0.2, 0) is 6.54 Å². The van der Waals surface area contributed by atoms with Crippen molar-refractivity contribution in [2.45, 2.75) is 26.3 Å². The number of hydrogen-bond acceptors (Lipinski definition) is 3. The van der Waals surface area contributed by atoms with E-state index in [2.05, 4.69) is 46.8 Å². The summed E-state index contributed by atoms with van der Waals surface area (Å²) in [5, 5.41) is 6.81. The highest BCUT2D eigenvalue weighted by Gasteiger charge is 1.94. The van der Waals surface area contributed by atoms with Crippen molar-refractivity contribution < 1.29 is 0 Å². The average Bonchev–Trinajstić information content (AvgIpc) is 2.47. The van der Waals surface area contributed by atoms with Crippen LogP contribution in [0.25, 0.3) is 0 Å². The number of unbranched alkanes of at least 4 members (excludes halogenated alkanes) is 1. The minimum absolute atomic E-state index is 0.954. The molecule has 2 N–H and O–H groups in total. The van der Waals surface area contributed by atoms with Crippen LogP contribution in [0.5, 0.6) is 0 Å². The largest absolute Gasteiger partial charge is 0.370 e. The van der Waals surface area contributed by atoms with Crippen LogP contribution in [0, 0.1) is 6.92 Å². The van der Waals surface area contributed by atoms with Gasteiger partial charge in [0.05, 0.1) is 0 Å². The van der Waals surface area contributed by atoms with Crippen molar-refractivity contribution in [2.24, 2.45) is 0 Å². The summed E-state index contributed by atoms with van der Waals surface area (Å²) in [5.74, 6) is 0.959. The fraction of sp³-hybridized carbons (Fsp3) is 0.353. The Bertz CT molecular complexity index is 497. The Morgan fingerprint density at radius 1 is 1.00 bits per heavy atom. The van der Waals surface area contributed by atoms with E-state index in [0.717, 1.165) is 31.9 Å². The van der Waals surface area contributed by atoms with Crippen LogP contribution in [0.4, 0.5) is 5.82 Å². The molecule has 1 aromatic carbocycles. The molecule has 0 spiro atoms. The van der Waals surface area contributed by atoms with Gasteiger partial charge in [-0.25, -0.2) is 4.98 Å². The van der Waals surface area contributed by atoms with Gasteiger partial charge in [0.15, 0.2) is 0 Å². The summed E-state index contributed by atoms with van der Waals surface area (Å²) in [5.41, 5.74) is 2.68. The summed E-state index contributed by atoms with van der Waals surface area (Å²) >= 11 is 0. The molecule has 0 aliphatic heterocycles. The molecule has 0 saturated heterocycles. The molecule has 0 bridgehead atoms. The quantitative estimate of drug-likeness (QED) is 0.721. The van der Waals surface area contributed by atoms with Gasteiger partial charge in [0, 0.05) is 19.3 Å². The fourth-order valence-corrected chi connectivity index (χ4v) is 2.11. The molecule has 0 amide bonds. The normalized spacial score (nSPS) is 10.4. The predicted octanol–water partition coefficient (Wildman–Crippen LogP) is 3.37. The molecule has 106 valence electrons. The third-order valence-corrected chi connectivity index (χ3v) is 3.16. The molecule has 0 atom stereocenters. The minimum atomic E-state index is 0.954. The number of aryl methyl sites for hydroxylation is 1. The zero-order valence-corrected chi connectivity index (χ0v) is 12.1. The van der Waals surface area contributed by atoms with Gasteiger partial charge in [-0.1, -0.05) is 35.9 Å². The molecular formula is C17H23N3. The van der Waals surface area contributed by atoms with Crippen LogP contribution in [0.2, 0.25) is 0 Å². The molecule has 2 rings (SSSR count). The molecule has 0 unspecified atom stereocenters. The maximum atomic E-state index is 4.23. The summed E-state index contributed by atoms with van der Waals surface area (Å²) in [7, 11) is 0. The van der Waals surface area contributed by atoms with Crippen LogP contribution in [0.1, 0.15) is 24.0 Å². The van der Waals surface area contributed by atoms with Crippen molar-refractivity contribution in [1.82, 2.24) is 10.3 Å². The van der Waals surface area contributed by atoms with E-state index in [-0.39, 0.29) is 0 Å². The van der Waals surface area contributed by atoms with Gasteiger partial charge in [-0.3, -0.25) is 0 Å². The zero-order chi connectivity index (χ0) is 14.0. The summed E-state index contributed by atoms with van der Waals surface area (Å²) in [6.07, 6.45) is 4.13. The van der Waals surface area contributed by atoms with Crippen molar-refractivity contribution in [1.29, 1.82) is 0 Å². The maximum Gasteiger partial charge on any atom is 0.125 e. The van der Waals surface area contributed by atoms with Crippen LogP contribution in [-0.4, -0.2) is 18.1 Å². The second-order valence-corrected chi connectivity index (χ2v) is 5.01. The summed E-state index contributed by atoms with van der Waals surface area (Å²) < 4.78 is 0. The Kier molecular flexibility index (Phi) is 6.06. The molecule has 2 aromatic rings. The molecule has 3 nitrogen and oxygen atoms in total. The summed E-state index contributed by atoms with van der Waals surface area (Å²) in [6.45, 7) is 5.11. The van der Waals surface area contributed by atoms with Gasteiger partial charge in [-0.15, -0.1) is 0 Å². The van der Waals surface area contributed by atoms with E-state index in [1.807, 2.05) is 24.4 Å². The lowest BCUT2D eigenvalue weighted by molar-refractivity contribution is 0.632. The van der Waals surface area contributed by atoms with Crippen molar-refractivity contribution >= 4 is 5.82 Å². The van der Waals surface area contributed by atoms with E-state index in [9.17, 15) is 0 Å². The third kappa shape index (κ3) is 5.41. The summed E-state index contributed by atoms with van der Waals surface area (Å²) in [6, 6.07) is 14.6. The van der Waals surface area contributed by atoms with Gasteiger partial charge in [-0.2, -0.15) is 0 Å². The maximum absolute atomic E-state index is 4.23. The number of anilines is 1. The van der Waals surface area contributed by atoms with Gasteiger partial charge < -0.3 is 10.6 Å². The molecular weight excluding hydrogens is 246 g/mol. The lowest BCUT2D eigenvalue weighted by Gasteiger charge is -2.07. The first-order valence-corrected chi connectivity index (χ1v) is 7.26. The predicted molar refractivity (Wildman–Crippen MR) is 84.8 cm³/mol. The highest BCUT2D eigenvalue weighted by atomic mass is 15.0. The van der Waals surface area contributed by atoms with Gasteiger partial charge in [0.25, 0.3) is 0 Å². The number of aromatic nitrogens is 1. The molecule has 0 fully saturated rings. The van der Waals surface area contributed by atoms with E-state index in [0.29, 0.717) is 0 Å². The van der Waals surface area contributed by atoms with Crippen LogP contribution < -0.4 is 10.6 Å². The van der Waals surface area contributed by atoms with Gasteiger partial charge in [0.1, 0.15) is 5.82 Å². The van der Waals surface area contributed by atoms with Gasteiger partial charge in [0.2, 0.25) is 0 Å². The van der Waals surface area contributed by atoms with E-state index >= 15 is 0 Å². The van der Waals surface area contributed by atoms with Crippen molar-refractivity contribution in [3.8, 4) is 0 Å². The van der Waals surface area contributed by atoms with E-state index in [4.69, 9.17) is 0 Å². The number of nitrogens with zero attached hydrogens (tertiary/aromatic N) is 1. The Hall–Kier alpha value is -1.87. The number of hydrogen-bond donors (Lipinski definition) is 2. The molecule has 1 heterocycles. The fourth-order valence-electron chi connectivity index (χ4n) is 2.11. The first-order chi connectivity index (χ1) is 9.84. The second kappa shape index (κ2) is 8.33. The van der Waals surface area contributed by atoms with Crippen molar-refractivity contribution in [2.75, 3.05) is 18.4 Å². The molecule has 1 aromatic heterocycles. The Morgan fingerprint density at radius 3 is 2.70 bits per heavy atom. The topological polar surface area (TPSA) is 37.0 Å². The zero-order valence-electron chi connectivity index (χ0n) is 12.1. The first-order valence-electron chi connectivity index (χ1n) is 7.26. The van der Waals surface area contributed by atoms with E-state index in [1.54, 1.807) is 0 Å². The van der Waals surface area contributed by atoms with Crippen molar-refractivity contribution in [3.05, 3.63) is 59.8 Å². The van der Waals surface area contributed by atoms with Crippen molar-refractivity contribution in [3.63, 3.8) is 0 Å². The molecule has 3 heteroatoms. The smallest absolute Gasteiger partial charge is 0.125 e. The van der Waals surface area contributed by atoms with Crippen LogP contribution in [0.15, 0.2) is 48.7 Å². The van der Waals surface area contributed by atoms with Gasteiger partial charge >= 0.3 is 0 Å². The molecule has 0 aliphatic carbocycles. The molecule has 20 heavy (non-hydrogen) atoms. The lowest BCUT2D eigenvalue weighted by Crippen LogP contribution is -2.15. The Morgan fingerprint density at radius 2 is 1.90 bits per heavy atom. The number of pyridine rings is 1. The van der Waals surface area contributed by atoms with Crippen LogP contribution in [0.3, 0.4) is 0 Å². The van der Waals surface area contributed by atoms with Crippen LogP contribution >= 0.6 is 0 Å². The average molecular weight is 269 g/mol. The van der Waals surface area contributed by atoms with E-state index < -0.39 is 0 Å². The number of rotatable bonds is 8. The number of benzene rings is 1. The standard InChI is InChI=1S/C17H23N3/c1-15-7-6-8-16(13-15)14-18-10-4-5-12-20-17-9-2-3-11-19-17/h2-3,6-9,11,13,18H,4-5,10,12,14H2,1H3,(H,19,20). The molecule has 0 aliphatic rings. The van der Waals surface area contributed by atoms with Gasteiger partial charge in [-0.05, 0) is 44.0 Å². The number of nitrogens with one attached hydrogen (secondary N) is 2. The Labute approximate surface area is 121 Å².